The van der Waals surface area contributed by atoms with E-state index in [1.807, 2.05) is 0 Å². The van der Waals surface area contributed by atoms with Gasteiger partial charge in [-0.05, 0) is 18.8 Å². The van der Waals surface area contributed by atoms with Gasteiger partial charge in [0.25, 0.3) is 0 Å². The summed E-state index contributed by atoms with van der Waals surface area (Å²) in [5.41, 5.74) is 5.98. The lowest BCUT2D eigenvalue weighted by atomic mass is 9.92. The number of aromatic amines is 1. The largest absolute Gasteiger partial charge is 0.383 e. The molecular weight excluding hydrogens is 268 g/mol. The quantitative estimate of drug-likeness (QED) is 0.770. The average molecular weight is 286 g/mol. The van der Waals surface area contributed by atoms with Crippen LogP contribution in [0.3, 0.4) is 0 Å². The number of hydrogen-bond donors (Lipinski definition) is 2. The number of sulfonamides is 1. The molecule has 1 aromatic heterocycles. The molecule has 106 valence electrons. The van der Waals surface area contributed by atoms with E-state index in [2.05, 4.69) is 10.2 Å². The molecule has 0 spiro atoms. The highest BCUT2D eigenvalue weighted by molar-refractivity contribution is 7.88. The van der Waals surface area contributed by atoms with Crippen LogP contribution in [0.2, 0.25) is 0 Å². The summed E-state index contributed by atoms with van der Waals surface area (Å²) in [4.78, 5) is 12.0. The van der Waals surface area contributed by atoms with E-state index in [9.17, 15) is 13.2 Å². The summed E-state index contributed by atoms with van der Waals surface area (Å²) < 4.78 is 24.5. The number of Topliss-reactive ketones (excluding diaryl/α,β-unsaturated/α-hetero) is 1. The van der Waals surface area contributed by atoms with Crippen LogP contribution in [-0.2, 0) is 10.0 Å². The maximum absolute atomic E-state index is 12.0. The molecule has 0 bridgehead atoms. The van der Waals surface area contributed by atoms with Gasteiger partial charge < -0.3 is 5.73 Å². The number of ketones is 1. The van der Waals surface area contributed by atoms with Gasteiger partial charge in [0.2, 0.25) is 10.0 Å². The molecule has 1 aliphatic heterocycles. The van der Waals surface area contributed by atoms with Crippen LogP contribution >= 0.6 is 0 Å². The van der Waals surface area contributed by atoms with Gasteiger partial charge in [-0.3, -0.25) is 9.89 Å². The highest BCUT2D eigenvalue weighted by Crippen LogP contribution is 2.23. The normalized spacial score (nSPS) is 21.4. The van der Waals surface area contributed by atoms with E-state index in [1.165, 1.54) is 16.8 Å². The Hall–Kier alpha value is -1.41. The fourth-order valence-corrected chi connectivity index (χ4v) is 3.33. The lowest BCUT2D eigenvalue weighted by Gasteiger charge is -2.30. The van der Waals surface area contributed by atoms with Crippen LogP contribution in [-0.4, -0.2) is 48.0 Å². The van der Waals surface area contributed by atoms with E-state index in [-0.39, 0.29) is 17.5 Å². The number of nitrogens with one attached hydrogen (secondary N) is 1. The minimum atomic E-state index is -3.18. The van der Waals surface area contributed by atoms with Crippen molar-refractivity contribution in [1.29, 1.82) is 0 Å². The summed E-state index contributed by atoms with van der Waals surface area (Å²) in [6, 6.07) is 0. The summed E-state index contributed by atoms with van der Waals surface area (Å²) in [6.07, 6.45) is 4.55. The maximum Gasteiger partial charge on any atom is 0.211 e. The lowest BCUT2D eigenvalue weighted by molar-refractivity contribution is 0.0943. The molecular formula is C11H18N4O3S. The van der Waals surface area contributed by atoms with Gasteiger partial charge in [-0.1, -0.05) is 0 Å². The second-order valence-electron chi connectivity index (χ2n) is 4.95. The third-order valence-electron chi connectivity index (χ3n) is 3.39. The number of aromatic nitrogens is 2. The van der Waals surface area contributed by atoms with Crippen molar-refractivity contribution in [2.45, 2.75) is 19.3 Å². The molecule has 1 fully saturated rings. The Morgan fingerprint density at radius 2 is 2.37 bits per heavy atom. The Labute approximate surface area is 112 Å². The highest BCUT2D eigenvalue weighted by Gasteiger charge is 2.28. The van der Waals surface area contributed by atoms with Gasteiger partial charge in [0.1, 0.15) is 5.82 Å². The first-order valence-corrected chi connectivity index (χ1v) is 8.00. The van der Waals surface area contributed by atoms with E-state index in [4.69, 9.17) is 5.73 Å². The summed E-state index contributed by atoms with van der Waals surface area (Å²) in [5.74, 6) is 0.220. The highest BCUT2D eigenvalue weighted by atomic mass is 32.2. The smallest absolute Gasteiger partial charge is 0.211 e. The van der Waals surface area contributed by atoms with Gasteiger partial charge in [0, 0.05) is 19.5 Å². The summed E-state index contributed by atoms with van der Waals surface area (Å²) in [7, 11) is -3.18. The second-order valence-corrected chi connectivity index (χ2v) is 6.94. The molecule has 2 heterocycles. The standard InChI is InChI=1S/C11H18N4O3S/c1-19(17,18)15-4-2-3-8(7-15)5-10(16)9-6-13-14-11(9)12/h6,8H,2-5,7H2,1H3,(H3,12,13,14). The number of hydrogen-bond acceptors (Lipinski definition) is 5. The van der Waals surface area contributed by atoms with E-state index in [1.54, 1.807) is 0 Å². The van der Waals surface area contributed by atoms with Crippen molar-refractivity contribution in [3.8, 4) is 0 Å². The number of H-pyrrole nitrogens is 1. The molecule has 0 saturated carbocycles. The summed E-state index contributed by atoms with van der Waals surface area (Å²) in [6.45, 7) is 0.944. The Bertz CT molecular complexity index is 566. The monoisotopic (exact) mass is 286 g/mol. The van der Waals surface area contributed by atoms with Gasteiger partial charge in [0.05, 0.1) is 18.0 Å². The van der Waals surface area contributed by atoms with Crippen LogP contribution in [0.1, 0.15) is 29.6 Å². The molecule has 3 N–H and O–H groups in total. The zero-order chi connectivity index (χ0) is 14.0. The third kappa shape index (κ3) is 3.32. The number of piperidine rings is 1. The third-order valence-corrected chi connectivity index (χ3v) is 4.66. The van der Waals surface area contributed by atoms with Crippen molar-refractivity contribution in [1.82, 2.24) is 14.5 Å². The van der Waals surface area contributed by atoms with Gasteiger partial charge in [0.15, 0.2) is 5.78 Å². The number of carbonyl (C=O) groups excluding carboxylic acids is 1. The molecule has 2 rings (SSSR count). The van der Waals surface area contributed by atoms with Crippen molar-refractivity contribution in [2.75, 3.05) is 25.1 Å². The fraction of sp³-hybridized carbons (Fsp3) is 0.636. The van der Waals surface area contributed by atoms with Crippen molar-refractivity contribution >= 4 is 21.6 Å². The van der Waals surface area contributed by atoms with Crippen molar-refractivity contribution in [3.63, 3.8) is 0 Å². The van der Waals surface area contributed by atoms with Crippen molar-refractivity contribution in [2.24, 2.45) is 5.92 Å². The SMILES string of the molecule is CS(=O)(=O)N1CCCC(CC(=O)c2cn[nH]c2N)C1. The van der Waals surface area contributed by atoms with Crippen LogP contribution in [0, 0.1) is 5.92 Å². The predicted octanol–water partition coefficient (Wildman–Crippen LogP) is 0.236. The molecule has 1 aliphatic rings. The van der Waals surface area contributed by atoms with Crippen LogP contribution in [0.4, 0.5) is 5.82 Å². The average Bonchev–Trinajstić information content (AvgIpc) is 2.75. The predicted molar refractivity (Wildman–Crippen MR) is 71.1 cm³/mol. The van der Waals surface area contributed by atoms with Crippen molar-refractivity contribution < 1.29 is 13.2 Å². The zero-order valence-corrected chi connectivity index (χ0v) is 11.6. The first-order chi connectivity index (χ1) is 8.88. The molecule has 1 atom stereocenters. The van der Waals surface area contributed by atoms with E-state index in [0.717, 1.165) is 12.8 Å². The van der Waals surface area contributed by atoms with Crippen LogP contribution in [0.5, 0.6) is 0 Å². The van der Waals surface area contributed by atoms with E-state index in [0.29, 0.717) is 25.1 Å². The molecule has 7 nitrogen and oxygen atoms in total. The molecule has 19 heavy (non-hydrogen) atoms. The molecule has 1 unspecified atom stereocenters. The fourth-order valence-electron chi connectivity index (χ4n) is 2.39. The molecule has 0 aromatic carbocycles. The number of nitrogens with two attached hydrogens (primary N) is 1. The Kier molecular flexibility index (Phi) is 3.91. The Morgan fingerprint density at radius 1 is 1.63 bits per heavy atom. The second kappa shape index (κ2) is 5.30. The van der Waals surface area contributed by atoms with Crippen molar-refractivity contribution in [3.05, 3.63) is 11.8 Å². The van der Waals surface area contributed by atoms with Gasteiger partial charge in [-0.2, -0.15) is 5.10 Å². The van der Waals surface area contributed by atoms with Gasteiger partial charge >= 0.3 is 0 Å². The first kappa shape index (κ1) is 14.0. The molecule has 1 saturated heterocycles. The number of carbonyl (C=O) groups is 1. The maximum atomic E-state index is 12.0. The summed E-state index contributed by atoms with van der Waals surface area (Å²) >= 11 is 0. The van der Waals surface area contributed by atoms with Crippen LogP contribution in [0.15, 0.2) is 6.20 Å². The number of rotatable bonds is 4. The summed E-state index contributed by atoms with van der Waals surface area (Å²) in [5, 5.41) is 6.23. The number of nitrogen functional groups attached to an aromatic ring is 1. The first-order valence-electron chi connectivity index (χ1n) is 6.15. The van der Waals surface area contributed by atoms with E-state index >= 15 is 0 Å². The molecule has 0 radical (unpaired) electrons. The number of anilines is 1. The Morgan fingerprint density at radius 3 is 2.95 bits per heavy atom. The zero-order valence-electron chi connectivity index (χ0n) is 10.8. The molecule has 0 aliphatic carbocycles. The van der Waals surface area contributed by atoms with Crippen LogP contribution in [0.25, 0.3) is 0 Å². The Balaban J connectivity index is 2.00. The minimum absolute atomic E-state index is 0.0466. The molecule has 8 heteroatoms. The van der Waals surface area contributed by atoms with Gasteiger partial charge in [-0.15, -0.1) is 0 Å². The lowest BCUT2D eigenvalue weighted by Crippen LogP contribution is -2.39. The molecule has 1 aromatic rings. The number of nitrogens with zero attached hydrogens (tertiary/aromatic N) is 2. The molecule has 0 amide bonds. The topological polar surface area (TPSA) is 109 Å². The van der Waals surface area contributed by atoms with Crippen LogP contribution < -0.4 is 5.73 Å². The van der Waals surface area contributed by atoms with E-state index < -0.39 is 10.0 Å². The van der Waals surface area contributed by atoms with Gasteiger partial charge in [-0.25, -0.2) is 12.7 Å². The minimum Gasteiger partial charge on any atom is -0.383 e.